The Hall–Kier alpha value is -4.18. The molecular weight excluding hydrogens is 584 g/mol. The van der Waals surface area contributed by atoms with Crippen LogP contribution in [0.3, 0.4) is 0 Å². The lowest BCUT2D eigenvalue weighted by atomic mass is 10.0. The highest BCUT2D eigenvalue weighted by molar-refractivity contribution is 8.01. The second kappa shape index (κ2) is 12.0. The Balaban J connectivity index is 1.20. The van der Waals surface area contributed by atoms with Gasteiger partial charge >= 0.3 is 12.1 Å². The van der Waals surface area contributed by atoms with Crippen LogP contribution < -0.4 is 10.6 Å². The van der Waals surface area contributed by atoms with Gasteiger partial charge in [0.25, 0.3) is 5.91 Å². The average molecular weight is 613 g/mol. The second-order valence-corrected chi connectivity index (χ2v) is 12.6. The molecule has 220 valence electrons. The molecule has 5 rings (SSSR count). The number of aliphatic carboxylic acids is 1. The molecule has 3 aromatic rings. The summed E-state index contributed by atoms with van der Waals surface area (Å²) in [5.41, 5.74) is 1.78. The fourth-order valence-electron chi connectivity index (χ4n) is 4.45. The first-order valence-corrected chi connectivity index (χ1v) is 14.9. The normalized spacial score (nSPS) is 18.4. The van der Waals surface area contributed by atoms with Crippen molar-refractivity contribution < 1.29 is 29.0 Å². The molecule has 42 heavy (non-hydrogen) atoms. The highest BCUT2D eigenvalue weighted by Gasteiger charge is 2.54. The minimum atomic E-state index is -1.20. The lowest BCUT2D eigenvalue weighted by molar-refractivity contribution is -0.150. The number of carboxylic acids is 1. The number of benzene rings is 1. The molecule has 2 atom stereocenters. The van der Waals surface area contributed by atoms with Crippen molar-refractivity contribution in [1.82, 2.24) is 40.8 Å². The number of fused-ring (bicyclic) bond motifs is 2. The zero-order chi connectivity index (χ0) is 30.0. The van der Waals surface area contributed by atoms with Gasteiger partial charge in [0.1, 0.15) is 27.7 Å². The van der Waals surface area contributed by atoms with Gasteiger partial charge in [-0.05, 0) is 60.0 Å². The third-order valence-electron chi connectivity index (χ3n) is 6.30. The van der Waals surface area contributed by atoms with Gasteiger partial charge in [-0.3, -0.25) is 14.5 Å². The quantitative estimate of drug-likeness (QED) is 0.235. The zero-order valence-electron chi connectivity index (χ0n) is 22.9. The van der Waals surface area contributed by atoms with E-state index in [-0.39, 0.29) is 24.6 Å². The van der Waals surface area contributed by atoms with Crippen LogP contribution in [0.15, 0.2) is 52.7 Å². The molecule has 0 bridgehead atoms. The third kappa shape index (κ3) is 6.49. The maximum absolute atomic E-state index is 13.1. The van der Waals surface area contributed by atoms with Crippen LogP contribution >= 0.6 is 23.5 Å². The number of amides is 3. The number of hydrogen-bond donors (Lipinski definition) is 3. The van der Waals surface area contributed by atoms with E-state index < -0.39 is 35.0 Å². The summed E-state index contributed by atoms with van der Waals surface area (Å²) < 4.78 is 6.55. The van der Waals surface area contributed by atoms with Crippen molar-refractivity contribution in [2.45, 2.75) is 55.8 Å². The van der Waals surface area contributed by atoms with E-state index in [1.807, 2.05) is 0 Å². The Labute approximate surface area is 248 Å². The number of β-lactam (4-membered cyclic amide) rings is 1. The van der Waals surface area contributed by atoms with Crippen molar-refractivity contribution in [1.29, 1.82) is 0 Å². The first-order chi connectivity index (χ1) is 20.0. The molecular formula is C26H28N8O6S2. The van der Waals surface area contributed by atoms with Crippen molar-refractivity contribution >= 4 is 53.0 Å². The van der Waals surface area contributed by atoms with Gasteiger partial charge in [0.05, 0.1) is 6.42 Å². The largest absolute Gasteiger partial charge is 0.477 e. The Morgan fingerprint density at radius 2 is 1.93 bits per heavy atom. The minimum absolute atomic E-state index is 0.0184. The first kappa shape index (κ1) is 29.3. The predicted molar refractivity (Wildman–Crippen MR) is 152 cm³/mol. The molecule has 2 aliphatic rings. The number of carboxylic acid groups (broad SMARTS) is 1. The molecule has 16 heteroatoms. The van der Waals surface area contributed by atoms with Gasteiger partial charge < -0.3 is 20.5 Å². The molecule has 1 aromatic carbocycles. The number of carbonyl (C=O) groups excluding carboxylic acids is 3. The van der Waals surface area contributed by atoms with E-state index in [2.05, 4.69) is 31.3 Å². The van der Waals surface area contributed by atoms with E-state index in [1.54, 1.807) is 57.2 Å². The number of nitrogens with one attached hydrogen (secondary N) is 2. The van der Waals surface area contributed by atoms with Crippen LogP contribution in [0.4, 0.5) is 4.79 Å². The van der Waals surface area contributed by atoms with Gasteiger partial charge in [-0.15, -0.1) is 38.4 Å². The molecule has 0 spiro atoms. The molecule has 0 aliphatic carbocycles. The van der Waals surface area contributed by atoms with Gasteiger partial charge in [-0.25, -0.2) is 9.59 Å². The van der Waals surface area contributed by atoms with E-state index >= 15 is 0 Å². The molecule has 3 N–H and O–H groups in total. The zero-order valence-corrected chi connectivity index (χ0v) is 24.6. The number of ether oxygens (including phenoxy) is 1. The smallest absolute Gasteiger partial charge is 0.407 e. The summed E-state index contributed by atoms with van der Waals surface area (Å²) >= 11 is 2.71. The van der Waals surface area contributed by atoms with Crippen molar-refractivity contribution in [2.75, 3.05) is 11.5 Å². The van der Waals surface area contributed by atoms with Gasteiger partial charge in [-0.2, -0.15) is 0 Å². The number of carbonyl (C=O) groups is 4. The minimum Gasteiger partial charge on any atom is -0.477 e. The molecule has 2 aromatic heterocycles. The number of rotatable bonds is 9. The maximum Gasteiger partial charge on any atom is 0.407 e. The summed E-state index contributed by atoms with van der Waals surface area (Å²) in [5, 5.41) is 30.9. The number of aromatic nitrogens is 5. The average Bonchev–Trinajstić information content (AvgIpc) is 3.41. The lowest BCUT2D eigenvalue weighted by Crippen LogP contribution is -2.70. The summed E-state index contributed by atoms with van der Waals surface area (Å²) in [4.78, 5) is 51.6. The fourth-order valence-corrected chi connectivity index (χ4v) is 6.78. The topological polar surface area (TPSA) is 181 Å². The van der Waals surface area contributed by atoms with Crippen LogP contribution in [-0.4, -0.2) is 87.7 Å². The summed E-state index contributed by atoms with van der Waals surface area (Å²) in [6, 6.07) is 9.76. The van der Waals surface area contributed by atoms with Gasteiger partial charge in [-0.1, -0.05) is 24.3 Å². The predicted octanol–water partition coefficient (Wildman–Crippen LogP) is 1.62. The van der Waals surface area contributed by atoms with Crippen molar-refractivity contribution in [2.24, 2.45) is 0 Å². The molecule has 4 heterocycles. The van der Waals surface area contributed by atoms with Gasteiger partial charge in [0.15, 0.2) is 5.65 Å². The van der Waals surface area contributed by atoms with Crippen LogP contribution in [-0.2, 0) is 32.1 Å². The van der Waals surface area contributed by atoms with E-state index in [0.29, 0.717) is 33.3 Å². The summed E-state index contributed by atoms with van der Waals surface area (Å²) in [6.07, 6.45) is -0.587. The number of thioether (sulfide) groups is 2. The first-order valence-electron chi connectivity index (χ1n) is 12.9. The standard InChI is InChI=1S/C26H28N8O6S2/c1-26(2,3)40-25(39)27-11-15-7-5-4-6-14(15)10-18(35)28-20-22(36)33-21(24(37)38)16(13-42-23(20)33)12-41-19-9-8-17-29-31-32-34(17)30-19/h4-9,20,23H,10-13H2,1-3H3,(H,27,39)(H,28,35)(H,37,38)/t20?,23-/m0/s1. The van der Waals surface area contributed by atoms with Crippen LogP contribution in [0.5, 0.6) is 0 Å². The third-order valence-corrected chi connectivity index (χ3v) is 8.64. The molecule has 1 unspecified atom stereocenters. The van der Waals surface area contributed by atoms with Crippen LogP contribution in [0, 0.1) is 0 Å². The van der Waals surface area contributed by atoms with E-state index in [4.69, 9.17) is 4.74 Å². The molecule has 1 fully saturated rings. The lowest BCUT2D eigenvalue weighted by Gasteiger charge is -2.49. The van der Waals surface area contributed by atoms with E-state index in [0.717, 1.165) is 5.56 Å². The monoisotopic (exact) mass is 612 g/mol. The Bertz CT molecular complexity index is 1590. The Morgan fingerprint density at radius 1 is 1.17 bits per heavy atom. The summed E-state index contributed by atoms with van der Waals surface area (Å²) in [7, 11) is 0. The Morgan fingerprint density at radius 3 is 2.67 bits per heavy atom. The number of nitrogens with zero attached hydrogens (tertiary/aromatic N) is 6. The van der Waals surface area contributed by atoms with Crippen molar-refractivity contribution in [3.05, 3.63) is 58.8 Å². The second-order valence-electron chi connectivity index (χ2n) is 10.5. The highest BCUT2D eigenvalue weighted by atomic mass is 32.2. The van der Waals surface area contributed by atoms with Crippen LogP contribution in [0.1, 0.15) is 31.9 Å². The van der Waals surface area contributed by atoms with E-state index in [1.165, 1.54) is 33.1 Å². The number of hydrogen-bond acceptors (Lipinski definition) is 11. The summed E-state index contributed by atoms with van der Waals surface area (Å²) in [6.45, 7) is 5.47. The van der Waals surface area contributed by atoms with Crippen molar-refractivity contribution in [3.63, 3.8) is 0 Å². The van der Waals surface area contributed by atoms with Crippen LogP contribution in [0.25, 0.3) is 5.65 Å². The molecule has 0 radical (unpaired) electrons. The summed E-state index contributed by atoms with van der Waals surface area (Å²) in [5.74, 6) is -1.39. The molecule has 0 saturated carbocycles. The molecule has 1 saturated heterocycles. The fraction of sp³-hybridized carbons (Fsp3) is 0.385. The van der Waals surface area contributed by atoms with E-state index in [9.17, 15) is 24.3 Å². The van der Waals surface area contributed by atoms with Crippen molar-refractivity contribution in [3.8, 4) is 0 Å². The van der Waals surface area contributed by atoms with Crippen LogP contribution in [0.2, 0.25) is 0 Å². The molecule has 3 amide bonds. The highest BCUT2D eigenvalue weighted by Crippen LogP contribution is 2.41. The molecule has 2 aliphatic heterocycles. The van der Waals surface area contributed by atoms with Gasteiger partial charge in [0.2, 0.25) is 5.91 Å². The SMILES string of the molecule is CC(C)(C)OC(=O)NCc1ccccc1CC(=O)NC1C(=O)N2C(C(=O)O)=C(CSc3ccc4nnnn4n3)CS[C@@H]12. The number of tetrazole rings is 1. The Kier molecular flexibility index (Phi) is 8.36. The maximum atomic E-state index is 13.1. The molecule has 14 nitrogen and oxygen atoms in total. The van der Waals surface area contributed by atoms with Gasteiger partial charge in [0, 0.05) is 18.1 Å². The number of alkyl carbamates (subject to hydrolysis) is 1.